The van der Waals surface area contributed by atoms with Gasteiger partial charge in [0, 0.05) is 5.92 Å². The lowest BCUT2D eigenvalue weighted by Gasteiger charge is -2.09. The van der Waals surface area contributed by atoms with Gasteiger partial charge in [0.1, 0.15) is 0 Å². The number of rotatable bonds is 1. The minimum atomic E-state index is -0.111. The van der Waals surface area contributed by atoms with Crippen LogP contribution in [0.1, 0.15) is 26.2 Å². The minimum absolute atomic E-state index is 0.111. The van der Waals surface area contributed by atoms with E-state index >= 15 is 0 Å². The second-order valence-corrected chi connectivity index (χ2v) is 2.92. The van der Waals surface area contributed by atoms with Crippen LogP contribution < -0.4 is 0 Å². The van der Waals surface area contributed by atoms with Crippen molar-refractivity contribution < 1.29 is 4.79 Å². The van der Waals surface area contributed by atoms with Crippen molar-refractivity contribution in [2.24, 2.45) is 11.8 Å². The lowest BCUT2D eigenvalue weighted by atomic mass is 9.83. The Balaban J connectivity index is 2.49. The lowest BCUT2D eigenvalue weighted by molar-refractivity contribution is -0.115. The van der Waals surface area contributed by atoms with Gasteiger partial charge in [-0.15, -0.1) is 0 Å². The van der Waals surface area contributed by atoms with Crippen LogP contribution in [0.15, 0.2) is 0 Å². The van der Waals surface area contributed by atoms with Crippen LogP contribution in [-0.4, -0.2) is 13.5 Å². The number of hydrogen-bond acceptors (Lipinski definition) is 1. The third-order valence-electron chi connectivity index (χ3n) is 2.23. The summed E-state index contributed by atoms with van der Waals surface area (Å²) in [6.45, 7) is 2.10. The highest BCUT2D eigenvalue weighted by Gasteiger charge is 2.25. The van der Waals surface area contributed by atoms with Gasteiger partial charge in [0.05, 0.1) is 5.68 Å². The summed E-state index contributed by atoms with van der Waals surface area (Å²) < 4.78 is 0. The van der Waals surface area contributed by atoms with Gasteiger partial charge in [-0.2, -0.15) is 0 Å². The molecule has 1 fully saturated rings. The van der Waals surface area contributed by atoms with Gasteiger partial charge in [-0.3, -0.25) is 0 Å². The van der Waals surface area contributed by atoms with Crippen molar-refractivity contribution in [1.29, 1.82) is 0 Å². The molecule has 0 heterocycles. The summed E-state index contributed by atoms with van der Waals surface area (Å²) in [5.41, 5.74) is -0.111. The summed E-state index contributed by atoms with van der Waals surface area (Å²) in [7, 11) is 5.15. The average Bonchev–Trinajstić information content (AvgIpc) is 2.13. The third kappa shape index (κ3) is 1.35. The Labute approximate surface area is 57.2 Å². The van der Waals surface area contributed by atoms with E-state index in [4.69, 9.17) is 7.85 Å². The fourth-order valence-corrected chi connectivity index (χ4v) is 1.57. The molecule has 9 heavy (non-hydrogen) atoms. The summed E-state index contributed by atoms with van der Waals surface area (Å²) in [6.07, 6.45) is 3.36. The molecule has 0 saturated heterocycles. The zero-order chi connectivity index (χ0) is 6.85. The molecule has 1 rings (SSSR count). The van der Waals surface area contributed by atoms with Gasteiger partial charge in [0.15, 0.2) is 7.85 Å². The van der Waals surface area contributed by atoms with E-state index < -0.39 is 0 Å². The second-order valence-electron chi connectivity index (χ2n) is 2.92. The predicted molar refractivity (Wildman–Crippen MR) is 37.3 cm³/mol. The van der Waals surface area contributed by atoms with Gasteiger partial charge in [0.25, 0.3) is 0 Å². The molecule has 2 radical (unpaired) electrons. The lowest BCUT2D eigenvalue weighted by Crippen LogP contribution is -2.16. The fraction of sp³-hybridized carbons (Fsp3) is 0.857. The molecule has 2 atom stereocenters. The summed E-state index contributed by atoms with van der Waals surface area (Å²) in [5.74, 6) is 0.701. The van der Waals surface area contributed by atoms with Gasteiger partial charge in [0.2, 0.25) is 0 Å². The van der Waals surface area contributed by atoms with Gasteiger partial charge in [-0.1, -0.05) is 19.8 Å². The molecule has 0 aromatic rings. The van der Waals surface area contributed by atoms with Crippen molar-refractivity contribution in [3.05, 3.63) is 0 Å². The predicted octanol–water partition coefficient (Wildman–Crippen LogP) is 1.12. The highest BCUT2D eigenvalue weighted by molar-refractivity contribution is 6.58. The second kappa shape index (κ2) is 2.55. The topological polar surface area (TPSA) is 17.1 Å². The Hall–Kier alpha value is -0.265. The van der Waals surface area contributed by atoms with E-state index in [2.05, 4.69) is 6.92 Å². The van der Waals surface area contributed by atoms with Crippen LogP contribution in [0.5, 0.6) is 0 Å². The Bertz CT molecular complexity index is 122. The molecule has 48 valence electrons. The first-order valence-corrected chi connectivity index (χ1v) is 3.51. The molecule has 0 bridgehead atoms. The fourth-order valence-electron chi connectivity index (χ4n) is 1.57. The van der Waals surface area contributed by atoms with Crippen LogP contribution in [-0.2, 0) is 4.79 Å². The van der Waals surface area contributed by atoms with E-state index in [9.17, 15) is 4.79 Å². The minimum Gasteiger partial charge on any atom is -0.312 e. The Kier molecular flexibility index (Phi) is 1.94. The van der Waals surface area contributed by atoms with E-state index in [1.54, 1.807) is 0 Å². The average molecular weight is 122 g/mol. The molecule has 0 spiro atoms. The number of carbonyl (C=O) groups excluding carboxylic acids is 1. The third-order valence-corrected chi connectivity index (χ3v) is 2.23. The first kappa shape index (κ1) is 6.85. The zero-order valence-electron chi connectivity index (χ0n) is 5.76. The molecule has 1 aliphatic carbocycles. The van der Waals surface area contributed by atoms with Gasteiger partial charge >= 0.3 is 0 Å². The van der Waals surface area contributed by atoms with Crippen LogP contribution in [0.4, 0.5) is 0 Å². The Morgan fingerprint density at radius 2 is 2.22 bits per heavy atom. The number of carbonyl (C=O) groups is 1. The first-order valence-electron chi connectivity index (χ1n) is 3.51. The van der Waals surface area contributed by atoms with Crippen molar-refractivity contribution >= 4 is 13.5 Å². The van der Waals surface area contributed by atoms with Crippen LogP contribution >= 0.6 is 0 Å². The van der Waals surface area contributed by atoms with Crippen molar-refractivity contribution in [1.82, 2.24) is 0 Å². The normalized spacial score (nSPS) is 34.8. The maximum atomic E-state index is 10.6. The SMILES string of the molecule is [B]C(=O)C1CCCC1C. The van der Waals surface area contributed by atoms with Crippen molar-refractivity contribution in [3.63, 3.8) is 0 Å². The van der Waals surface area contributed by atoms with E-state index in [1.807, 2.05) is 0 Å². The molecule has 1 saturated carbocycles. The van der Waals surface area contributed by atoms with Crippen LogP contribution in [0.25, 0.3) is 0 Å². The van der Waals surface area contributed by atoms with Gasteiger partial charge < -0.3 is 4.79 Å². The van der Waals surface area contributed by atoms with E-state index in [1.165, 1.54) is 12.8 Å². The van der Waals surface area contributed by atoms with Gasteiger partial charge in [-0.25, -0.2) is 0 Å². The molecule has 0 aromatic carbocycles. The van der Waals surface area contributed by atoms with E-state index in [-0.39, 0.29) is 11.6 Å². The summed E-state index contributed by atoms with van der Waals surface area (Å²) in [6, 6.07) is 0. The van der Waals surface area contributed by atoms with E-state index in [0.29, 0.717) is 5.92 Å². The molecule has 1 nitrogen and oxygen atoms in total. The molecule has 1 aliphatic rings. The molecule has 2 unspecified atom stereocenters. The highest BCUT2D eigenvalue weighted by atomic mass is 16.1. The summed E-state index contributed by atoms with van der Waals surface area (Å²) in [5, 5.41) is 0. The smallest absolute Gasteiger partial charge is 0.168 e. The molecule has 0 N–H and O–H groups in total. The van der Waals surface area contributed by atoms with Crippen LogP contribution in [0, 0.1) is 11.8 Å². The molecular weight excluding hydrogens is 111 g/mol. The summed E-state index contributed by atoms with van der Waals surface area (Å²) in [4.78, 5) is 10.6. The Morgan fingerprint density at radius 3 is 2.44 bits per heavy atom. The van der Waals surface area contributed by atoms with Gasteiger partial charge in [-0.05, 0) is 12.3 Å². The highest BCUT2D eigenvalue weighted by Crippen LogP contribution is 2.30. The molecule has 0 aliphatic heterocycles. The van der Waals surface area contributed by atoms with Crippen molar-refractivity contribution in [3.8, 4) is 0 Å². The quantitative estimate of drug-likeness (QED) is 0.476. The monoisotopic (exact) mass is 122 g/mol. The maximum Gasteiger partial charge on any atom is 0.168 e. The standard InChI is InChI=1S/C7H11BO/c1-5-3-2-4-6(5)7(8)9/h5-6H,2-4H2,1H3. The molecule has 0 aromatic heterocycles. The largest absolute Gasteiger partial charge is 0.312 e. The molecular formula is C7H11BO. The summed E-state index contributed by atoms with van der Waals surface area (Å²) >= 11 is 0. The number of hydrogen-bond donors (Lipinski definition) is 0. The van der Waals surface area contributed by atoms with Crippen LogP contribution in [0.3, 0.4) is 0 Å². The molecule has 2 heteroatoms. The maximum absolute atomic E-state index is 10.6. The zero-order valence-corrected chi connectivity index (χ0v) is 5.76. The Morgan fingerprint density at radius 1 is 1.56 bits per heavy atom. The van der Waals surface area contributed by atoms with Crippen molar-refractivity contribution in [2.75, 3.05) is 0 Å². The van der Waals surface area contributed by atoms with Crippen molar-refractivity contribution in [2.45, 2.75) is 26.2 Å². The first-order chi connectivity index (χ1) is 4.22. The van der Waals surface area contributed by atoms with Crippen LogP contribution in [0.2, 0.25) is 0 Å². The molecule has 0 amide bonds. The van der Waals surface area contributed by atoms with E-state index in [0.717, 1.165) is 6.42 Å².